The quantitative estimate of drug-likeness (QED) is 0.352. The molecular formula is C11H13N5O. The summed E-state index contributed by atoms with van der Waals surface area (Å²) in [4.78, 5) is 0. The molecule has 1 aromatic carbocycles. The average molecular weight is 231 g/mol. The van der Waals surface area contributed by atoms with Crippen molar-refractivity contribution >= 4 is 5.84 Å². The first-order valence-electron chi connectivity index (χ1n) is 5.12. The van der Waals surface area contributed by atoms with Gasteiger partial charge in [-0.3, -0.25) is 0 Å². The topological polar surface area (TPSA) is 89.3 Å². The molecule has 2 aromatic rings. The molecule has 0 saturated heterocycles. The lowest BCUT2D eigenvalue weighted by atomic mass is 10.1. The molecule has 0 aliphatic rings. The summed E-state index contributed by atoms with van der Waals surface area (Å²) in [6, 6.07) is 8.13. The van der Waals surface area contributed by atoms with Crippen LogP contribution in [0.4, 0.5) is 0 Å². The van der Waals surface area contributed by atoms with Gasteiger partial charge in [-0.1, -0.05) is 40.2 Å². The van der Waals surface area contributed by atoms with Gasteiger partial charge in [0.25, 0.3) is 0 Å². The summed E-state index contributed by atoms with van der Waals surface area (Å²) in [5.74, 6) is -0.0415. The lowest BCUT2D eigenvalue weighted by Gasteiger charge is -2.00. The van der Waals surface area contributed by atoms with E-state index < -0.39 is 0 Å². The summed E-state index contributed by atoms with van der Waals surface area (Å²) in [7, 11) is 0. The van der Waals surface area contributed by atoms with Gasteiger partial charge >= 0.3 is 0 Å². The molecular weight excluding hydrogens is 218 g/mol. The minimum absolute atomic E-state index is 0.0415. The third kappa shape index (κ3) is 2.60. The number of hydrogen-bond acceptors (Lipinski definition) is 4. The molecule has 1 heterocycles. The molecule has 88 valence electrons. The van der Waals surface area contributed by atoms with Gasteiger partial charge in [0, 0.05) is 0 Å². The average Bonchev–Trinajstić information content (AvgIpc) is 2.80. The number of rotatable bonds is 3. The van der Waals surface area contributed by atoms with Gasteiger partial charge in [0.2, 0.25) is 0 Å². The fourth-order valence-corrected chi connectivity index (χ4v) is 1.42. The normalized spacial score (nSPS) is 11.7. The molecule has 0 aliphatic heterocycles. The Labute approximate surface area is 98.4 Å². The van der Waals surface area contributed by atoms with E-state index in [9.17, 15) is 0 Å². The number of hydrogen-bond donors (Lipinski definition) is 2. The number of nitrogens with two attached hydrogens (primary N) is 1. The second kappa shape index (κ2) is 4.65. The molecule has 1 aromatic heterocycles. The first-order valence-corrected chi connectivity index (χ1v) is 5.12. The Balaban J connectivity index is 2.14. The number of amidine groups is 1. The van der Waals surface area contributed by atoms with Gasteiger partial charge in [0.15, 0.2) is 11.5 Å². The van der Waals surface area contributed by atoms with Crippen molar-refractivity contribution in [3.8, 4) is 0 Å². The van der Waals surface area contributed by atoms with Gasteiger partial charge in [-0.25, -0.2) is 4.68 Å². The highest BCUT2D eigenvalue weighted by Gasteiger charge is 2.05. The van der Waals surface area contributed by atoms with Crippen molar-refractivity contribution in [3.05, 3.63) is 47.3 Å². The maximum absolute atomic E-state index is 8.50. The number of benzene rings is 1. The molecule has 0 aliphatic carbocycles. The van der Waals surface area contributed by atoms with Crippen LogP contribution in [0.2, 0.25) is 0 Å². The SMILES string of the molecule is Cc1ccc(Cn2cc(/C(N)=N\O)nn2)cc1. The van der Waals surface area contributed by atoms with Gasteiger partial charge in [-0.2, -0.15) is 0 Å². The first kappa shape index (κ1) is 11.1. The van der Waals surface area contributed by atoms with Crippen molar-refractivity contribution in [2.24, 2.45) is 10.9 Å². The highest BCUT2D eigenvalue weighted by molar-refractivity contribution is 5.94. The third-order valence-electron chi connectivity index (χ3n) is 2.37. The molecule has 0 bridgehead atoms. The molecule has 6 heteroatoms. The predicted octanol–water partition coefficient (Wildman–Crippen LogP) is 0.729. The summed E-state index contributed by atoms with van der Waals surface area (Å²) in [5, 5.41) is 19.1. The lowest BCUT2D eigenvalue weighted by molar-refractivity contribution is 0.318. The number of aryl methyl sites for hydroxylation is 1. The van der Waals surface area contributed by atoms with Crippen molar-refractivity contribution in [2.45, 2.75) is 13.5 Å². The van der Waals surface area contributed by atoms with Crippen molar-refractivity contribution < 1.29 is 5.21 Å². The summed E-state index contributed by atoms with van der Waals surface area (Å²) in [5.41, 5.74) is 8.10. The van der Waals surface area contributed by atoms with Crippen LogP contribution in [0.15, 0.2) is 35.6 Å². The molecule has 0 fully saturated rings. The second-order valence-electron chi connectivity index (χ2n) is 3.77. The van der Waals surface area contributed by atoms with E-state index in [2.05, 4.69) is 15.5 Å². The van der Waals surface area contributed by atoms with Crippen LogP contribution >= 0.6 is 0 Å². The van der Waals surface area contributed by atoms with Crippen LogP contribution < -0.4 is 5.73 Å². The summed E-state index contributed by atoms with van der Waals surface area (Å²) in [6.45, 7) is 2.64. The molecule has 0 atom stereocenters. The third-order valence-corrected chi connectivity index (χ3v) is 2.37. The highest BCUT2D eigenvalue weighted by atomic mass is 16.4. The summed E-state index contributed by atoms with van der Waals surface area (Å²) >= 11 is 0. The van der Waals surface area contributed by atoms with E-state index in [1.165, 1.54) is 5.56 Å². The molecule has 0 unspecified atom stereocenters. The Morgan fingerprint density at radius 3 is 2.76 bits per heavy atom. The maximum atomic E-state index is 8.50. The van der Waals surface area contributed by atoms with Gasteiger partial charge in [-0.15, -0.1) is 5.10 Å². The Hall–Kier alpha value is -2.37. The molecule has 6 nitrogen and oxygen atoms in total. The maximum Gasteiger partial charge on any atom is 0.192 e. The van der Waals surface area contributed by atoms with Crippen LogP contribution in [0.3, 0.4) is 0 Å². The van der Waals surface area contributed by atoms with Crippen LogP contribution in [0, 0.1) is 6.92 Å². The van der Waals surface area contributed by atoms with Gasteiger partial charge in [0.05, 0.1) is 12.7 Å². The molecule has 0 radical (unpaired) electrons. The van der Waals surface area contributed by atoms with E-state index in [1.807, 2.05) is 31.2 Å². The second-order valence-corrected chi connectivity index (χ2v) is 3.77. The minimum atomic E-state index is -0.0415. The predicted molar refractivity (Wildman–Crippen MR) is 62.8 cm³/mol. The molecule has 3 N–H and O–H groups in total. The van der Waals surface area contributed by atoms with E-state index in [1.54, 1.807) is 10.9 Å². The Bertz CT molecular complexity index is 529. The Morgan fingerprint density at radius 2 is 2.12 bits per heavy atom. The van der Waals surface area contributed by atoms with Crippen LogP contribution in [0.1, 0.15) is 16.8 Å². The largest absolute Gasteiger partial charge is 0.409 e. The van der Waals surface area contributed by atoms with E-state index >= 15 is 0 Å². The zero-order valence-electron chi connectivity index (χ0n) is 9.41. The Morgan fingerprint density at radius 1 is 1.41 bits per heavy atom. The summed E-state index contributed by atoms with van der Waals surface area (Å²) in [6.07, 6.45) is 1.63. The van der Waals surface area contributed by atoms with Crippen molar-refractivity contribution in [1.82, 2.24) is 15.0 Å². The fraction of sp³-hybridized carbons (Fsp3) is 0.182. The zero-order chi connectivity index (χ0) is 12.3. The lowest BCUT2D eigenvalue weighted by Crippen LogP contribution is -2.13. The van der Waals surface area contributed by atoms with Crippen molar-refractivity contribution in [3.63, 3.8) is 0 Å². The smallest absolute Gasteiger partial charge is 0.192 e. The highest BCUT2D eigenvalue weighted by Crippen LogP contribution is 2.05. The number of aromatic nitrogens is 3. The minimum Gasteiger partial charge on any atom is -0.409 e. The fourth-order valence-electron chi connectivity index (χ4n) is 1.42. The van der Waals surface area contributed by atoms with Crippen molar-refractivity contribution in [1.29, 1.82) is 0 Å². The zero-order valence-corrected chi connectivity index (χ0v) is 9.41. The molecule has 0 saturated carbocycles. The molecule has 2 rings (SSSR count). The van der Waals surface area contributed by atoms with E-state index in [0.717, 1.165) is 5.56 Å². The van der Waals surface area contributed by atoms with Gasteiger partial charge in [0.1, 0.15) is 0 Å². The standard InChI is InChI=1S/C11H13N5O/c1-8-2-4-9(5-3-8)6-16-7-10(13-15-16)11(12)14-17/h2-5,7,17H,6H2,1H3,(H2,12,14). The van der Waals surface area contributed by atoms with E-state index in [4.69, 9.17) is 10.9 Å². The Kier molecular flexibility index (Phi) is 3.04. The van der Waals surface area contributed by atoms with E-state index in [0.29, 0.717) is 12.2 Å². The van der Waals surface area contributed by atoms with Gasteiger partial charge in [-0.05, 0) is 12.5 Å². The van der Waals surface area contributed by atoms with Crippen LogP contribution in [-0.4, -0.2) is 26.0 Å². The molecule has 0 amide bonds. The summed E-state index contributed by atoms with van der Waals surface area (Å²) < 4.78 is 1.64. The monoisotopic (exact) mass is 231 g/mol. The molecule has 0 spiro atoms. The van der Waals surface area contributed by atoms with Crippen LogP contribution in [-0.2, 0) is 6.54 Å². The molecule has 17 heavy (non-hydrogen) atoms. The van der Waals surface area contributed by atoms with Gasteiger partial charge < -0.3 is 10.9 Å². The van der Waals surface area contributed by atoms with Crippen LogP contribution in [0.25, 0.3) is 0 Å². The number of nitrogens with zero attached hydrogens (tertiary/aromatic N) is 4. The van der Waals surface area contributed by atoms with E-state index in [-0.39, 0.29) is 5.84 Å². The van der Waals surface area contributed by atoms with Crippen molar-refractivity contribution in [2.75, 3.05) is 0 Å². The first-order chi connectivity index (χ1) is 8.19. The number of oxime groups is 1. The van der Waals surface area contributed by atoms with Crippen LogP contribution in [0.5, 0.6) is 0 Å².